The number of aliphatic carboxylic acids is 1. The molecule has 1 aromatic carbocycles. The molecular formula is C20H23N7O9S4. The Balaban J connectivity index is 1.41. The number of nitrogens with zero attached hydrogens (tertiary/aromatic N) is 5. The van der Waals surface area contributed by atoms with Crippen LogP contribution in [0, 0.1) is 0 Å². The number of hydrogen-bond acceptors (Lipinski definition) is 12. The van der Waals surface area contributed by atoms with Crippen LogP contribution in [0.15, 0.2) is 45.6 Å². The van der Waals surface area contributed by atoms with Gasteiger partial charge in [-0.1, -0.05) is 30.0 Å². The van der Waals surface area contributed by atoms with Crippen LogP contribution in [0.25, 0.3) is 0 Å². The molecule has 16 nitrogen and oxygen atoms in total. The Morgan fingerprint density at radius 2 is 1.95 bits per heavy atom. The second-order valence-corrected chi connectivity index (χ2v) is 13.9. The number of sulfonamides is 1. The maximum atomic E-state index is 12.9. The van der Waals surface area contributed by atoms with E-state index in [9.17, 15) is 40.9 Å². The van der Waals surface area contributed by atoms with Gasteiger partial charge in [0.2, 0.25) is 21.1 Å². The number of thioether (sulfide) groups is 2. The van der Waals surface area contributed by atoms with Crippen LogP contribution < -0.4 is 10.0 Å². The summed E-state index contributed by atoms with van der Waals surface area (Å²) in [7, 11) is -7.96. The number of rotatable bonds is 12. The van der Waals surface area contributed by atoms with Crippen LogP contribution in [0.5, 0.6) is 0 Å². The van der Waals surface area contributed by atoms with Crippen LogP contribution in [0.3, 0.4) is 0 Å². The third-order valence-corrected chi connectivity index (χ3v) is 9.80. The number of hydrogen-bond donors (Lipinski definition) is 4. The minimum Gasteiger partial charge on any atom is -0.477 e. The summed E-state index contributed by atoms with van der Waals surface area (Å²) in [6.07, 6.45) is 0.598. The van der Waals surface area contributed by atoms with Gasteiger partial charge in [0, 0.05) is 18.1 Å². The predicted octanol–water partition coefficient (Wildman–Crippen LogP) is -1.46. The summed E-state index contributed by atoms with van der Waals surface area (Å²) in [5, 5.41) is 23.3. The smallest absolute Gasteiger partial charge is 0.352 e. The Bertz CT molecular complexity index is 1590. The van der Waals surface area contributed by atoms with E-state index in [0.29, 0.717) is 10.7 Å². The molecule has 4 rings (SSSR count). The average molecular weight is 634 g/mol. The highest BCUT2D eigenvalue weighted by Crippen LogP contribution is 2.41. The number of tetrazole rings is 1. The largest absolute Gasteiger partial charge is 0.477 e. The van der Waals surface area contributed by atoms with Gasteiger partial charge in [-0.3, -0.25) is 19.0 Å². The number of benzene rings is 1. The van der Waals surface area contributed by atoms with Gasteiger partial charge in [-0.2, -0.15) is 8.42 Å². The molecule has 40 heavy (non-hydrogen) atoms. The van der Waals surface area contributed by atoms with Crippen LogP contribution >= 0.6 is 23.5 Å². The highest BCUT2D eigenvalue weighted by molar-refractivity contribution is 8.01. The summed E-state index contributed by atoms with van der Waals surface area (Å²) in [5.41, 5.74) is 0.270. The fraction of sp³-hybridized carbons (Fsp3) is 0.400. The van der Waals surface area contributed by atoms with E-state index in [1.54, 1.807) is 0 Å². The molecule has 0 unspecified atom stereocenters. The highest BCUT2D eigenvalue weighted by Gasteiger charge is 2.54. The molecule has 2 atom stereocenters. The Morgan fingerprint density at radius 1 is 1.23 bits per heavy atom. The molecule has 0 aliphatic carbocycles. The summed E-state index contributed by atoms with van der Waals surface area (Å²) >= 11 is 2.37. The lowest BCUT2D eigenvalue weighted by Gasteiger charge is -2.49. The number of carboxylic acids is 1. The normalized spacial score (nSPS) is 19.2. The van der Waals surface area contributed by atoms with Crippen LogP contribution in [-0.2, 0) is 47.5 Å². The van der Waals surface area contributed by atoms with Crippen LogP contribution in [0.2, 0.25) is 0 Å². The average Bonchev–Trinajstić information content (AvgIpc) is 3.31. The van der Waals surface area contributed by atoms with E-state index in [-0.39, 0.29) is 35.9 Å². The Kier molecular flexibility index (Phi) is 8.85. The van der Waals surface area contributed by atoms with Crippen LogP contribution in [0.1, 0.15) is 5.56 Å². The zero-order valence-electron chi connectivity index (χ0n) is 20.6. The van der Waals surface area contributed by atoms with Crippen molar-refractivity contribution in [2.24, 2.45) is 0 Å². The zero-order chi connectivity index (χ0) is 29.2. The van der Waals surface area contributed by atoms with Gasteiger partial charge in [-0.15, -0.1) is 16.9 Å². The van der Waals surface area contributed by atoms with Crippen molar-refractivity contribution in [1.29, 1.82) is 0 Å². The Labute approximate surface area is 236 Å². The second kappa shape index (κ2) is 11.8. The van der Waals surface area contributed by atoms with E-state index in [0.717, 1.165) is 29.0 Å². The van der Waals surface area contributed by atoms with Gasteiger partial charge < -0.3 is 10.4 Å². The first-order chi connectivity index (χ1) is 18.8. The molecule has 1 fully saturated rings. The summed E-state index contributed by atoms with van der Waals surface area (Å²) in [6, 6.07) is 4.39. The van der Waals surface area contributed by atoms with Gasteiger partial charge >= 0.3 is 5.97 Å². The Hall–Kier alpha value is -3.04. The standard InChI is InChI=1S/C20H23N7O9S4/c1-39(32,33)21-6-7-26-20(23-24-25-26)38-10-12-9-37-18-15(17(29)27(18)16(12)19(30)31)22-14(28)8-11-4-2-3-5-13(11)40(34,35)36/h2-5,15,18,21H,6-10H2,1H3,(H,22,28)(H,30,31)(H,34,35,36)/t15-,18-/m1/s1. The van der Waals surface area contributed by atoms with Crippen molar-refractivity contribution in [1.82, 2.24) is 35.1 Å². The lowest BCUT2D eigenvalue weighted by atomic mass is 10.0. The number of carbonyl (C=O) groups is 3. The summed E-state index contributed by atoms with van der Waals surface area (Å²) in [5.74, 6) is -2.26. The number of nitrogens with one attached hydrogen (secondary N) is 2. The predicted molar refractivity (Wildman–Crippen MR) is 141 cm³/mol. The van der Waals surface area contributed by atoms with Gasteiger partial charge in [0.05, 0.1) is 24.1 Å². The fourth-order valence-corrected chi connectivity index (χ4v) is 7.59. The first-order valence-electron chi connectivity index (χ1n) is 11.3. The van der Waals surface area contributed by atoms with Crippen molar-refractivity contribution < 1.29 is 40.9 Å². The molecule has 0 saturated carbocycles. The highest BCUT2D eigenvalue weighted by atomic mass is 32.2. The van der Waals surface area contributed by atoms with Crippen molar-refractivity contribution in [3.63, 3.8) is 0 Å². The van der Waals surface area contributed by atoms with Crippen molar-refractivity contribution in [2.75, 3.05) is 24.3 Å². The number of amides is 2. The van der Waals surface area contributed by atoms with E-state index >= 15 is 0 Å². The SMILES string of the molecule is CS(=O)(=O)NCCn1nnnc1SCC1=C(C(=O)O)N2C(=O)[C@@H](NC(=O)Cc3ccccc3S(=O)(=O)O)[C@H]2SC1. The molecule has 216 valence electrons. The molecule has 1 saturated heterocycles. The molecule has 0 bridgehead atoms. The van der Waals surface area contributed by atoms with Crippen molar-refractivity contribution in [2.45, 2.75) is 34.4 Å². The molecule has 2 amide bonds. The second-order valence-electron chi connectivity index (χ2n) is 8.61. The lowest BCUT2D eigenvalue weighted by Crippen LogP contribution is -2.70. The number of aromatic nitrogens is 4. The van der Waals surface area contributed by atoms with E-state index in [1.165, 1.54) is 34.6 Å². The zero-order valence-corrected chi connectivity index (χ0v) is 23.9. The van der Waals surface area contributed by atoms with Gasteiger partial charge in [-0.25, -0.2) is 22.6 Å². The third-order valence-electron chi connectivity index (χ3n) is 5.73. The van der Waals surface area contributed by atoms with Crippen LogP contribution in [-0.4, -0.2) is 105 Å². The molecule has 20 heteroatoms. The molecule has 1 aromatic heterocycles. The minimum atomic E-state index is -4.56. The number of β-lactam (4-membered cyclic amide) rings is 1. The quantitative estimate of drug-likeness (QED) is 0.119. The first-order valence-corrected chi connectivity index (χ1v) is 16.7. The van der Waals surface area contributed by atoms with E-state index in [2.05, 4.69) is 25.6 Å². The fourth-order valence-electron chi connectivity index (χ4n) is 4.02. The molecule has 0 spiro atoms. The monoisotopic (exact) mass is 633 g/mol. The molecule has 2 aromatic rings. The first kappa shape index (κ1) is 29.9. The molecule has 2 aliphatic heterocycles. The number of fused-ring (bicyclic) bond motifs is 1. The summed E-state index contributed by atoms with van der Waals surface area (Å²) in [4.78, 5) is 38.3. The van der Waals surface area contributed by atoms with E-state index < -0.39 is 60.7 Å². The van der Waals surface area contributed by atoms with Crippen molar-refractivity contribution in [3.05, 3.63) is 41.1 Å². The minimum absolute atomic E-state index is 0.0438. The van der Waals surface area contributed by atoms with E-state index in [4.69, 9.17) is 0 Å². The Morgan fingerprint density at radius 3 is 2.62 bits per heavy atom. The molecule has 3 heterocycles. The summed E-state index contributed by atoms with van der Waals surface area (Å²) < 4.78 is 58.7. The molecule has 0 radical (unpaired) electrons. The van der Waals surface area contributed by atoms with Gasteiger partial charge in [-0.05, 0) is 27.6 Å². The maximum Gasteiger partial charge on any atom is 0.352 e. The molecule has 2 aliphatic rings. The van der Waals surface area contributed by atoms with Crippen molar-refractivity contribution >= 4 is 61.4 Å². The van der Waals surface area contributed by atoms with Crippen molar-refractivity contribution in [3.8, 4) is 0 Å². The molecule has 4 N–H and O–H groups in total. The van der Waals surface area contributed by atoms with Gasteiger partial charge in [0.25, 0.3) is 16.0 Å². The van der Waals surface area contributed by atoms with E-state index in [1.807, 2.05) is 0 Å². The third kappa shape index (κ3) is 6.81. The topological polar surface area (TPSA) is 231 Å². The van der Waals surface area contributed by atoms with Gasteiger partial charge in [0.1, 0.15) is 17.1 Å². The summed E-state index contributed by atoms with van der Waals surface area (Å²) in [6.45, 7) is 0.194. The number of carboxylic acid groups (broad SMARTS) is 1. The van der Waals surface area contributed by atoms with Crippen LogP contribution in [0.4, 0.5) is 0 Å². The van der Waals surface area contributed by atoms with Gasteiger partial charge in [0.15, 0.2) is 0 Å². The maximum absolute atomic E-state index is 12.9. The molecular weight excluding hydrogens is 611 g/mol. The number of carbonyl (C=O) groups excluding carboxylic acids is 2. The lowest BCUT2D eigenvalue weighted by molar-refractivity contribution is -0.150.